The lowest BCUT2D eigenvalue weighted by atomic mass is 9.85. The van der Waals surface area contributed by atoms with E-state index < -0.39 is 5.60 Å². The average molecular weight is 258 g/mol. The summed E-state index contributed by atoms with van der Waals surface area (Å²) in [5, 5.41) is 0. The van der Waals surface area contributed by atoms with Gasteiger partial charge < -0.3 is 4.74 Å². The van der Waals surface area contributed by atoms with Gasteiger partial charge in [-0.2, -0.15) is 0 Å². The molecule has 0 saturated carbocycles. The number of fused-ring (bicyclic) bond motifs is 1. The second kappa shape index (κ2) is 4.84. The lowest BCUT2D eigenvalue weighted by Gasteiger charge is -2.32. The number of ether oxygens (including phenoxy) is 1. The highest BCUT2D eigenvalue weighted by Crippen LogP contribution is 2.42. The van der Waals surface area contributed by atoms with E-state index in [0.29, 0.717) is 5.57 Å². The quantitative estimate of drug-likeness (QED) is 0.606. The van der Waals surface area contributed by atoms with Crippen molar-refractivity contribution in [1.29, 1.82) is 0 Å². The Morgan fingerprint density at radius 2 is 2.11 bits per heavy atom. The van der Waals surface area contributed by atoms with E-state index >= 15 is 0 Å². The van der Waals surface area contributed by atoms with Gasteiger partial charge >= 0.3 is 5.97 Å². The van der Waals surface area contributed by atoms with Crippen molar-refractivity contribution >= 4 is 5.97 Å². The lowest BCUT2D eigenvalue weighted by molar-refractivity contribution is -0.153. The Morgan fingerprint density at radius 1 is 1.42 bits per heavy atom. The summed E-state index contributed by atoms with van der Waals surface area (Å²) in [6.07, 6.45) is 2.10. The second-order valence-electron chi connectivity index (χ2n) is 6.07. The molecule has 0 fully saturated rings. The monoisotopic (exact) mass is 258 g/mol. The van der Waals surface area contributed by atoms with E-state index in [0.717, 1.165) is 12.8 Å². The number of benzene rings is 1. The predicted octanol–water partition coefficient (Wildman–Crippen LogP) is 3.92. The van der Waals surface area contributed by atoms with Gasteiger partial charge in [0.1, 0.15) is 5.60 Å². The third kappa shape index (κ3) is 2.73. The summed E-state index contributed by atoms with van der Waals surface area (Å²) in [5.74, 6) is -0.0306. The smallest absolute Gasteiger partial charge is 0.333 e. The van der Waals surface area contributed by atoms with Crippen LogP contribution in [0.5, 0.6) is 0 Å². The maximum absolute atomic E-state index is 11.8. The van der Waals surface area contributed by atoms with Crippen molar-refractivity contribution in [1.82, 2.24) is 0 Å². The summed E-state index contributed by atoms with van der Waals surface area (Å²) < 4.78 is 5.63. The van der Waals surface area contributed by atoms with E-state index in [1.54, 1.807) is 6.92 Å². The topological polar surface area (TPSA) is 26.3 Å². The van der Waals surface area contributed by atoms with Crippen molar-refractivity contribution in [3.8, 4) is 0 Å². The fraction of sp³-hybridized carbons (Fsp3) is 0.471. The van der Waals surface area contributed by atoms with E-state index in [-0.39, 0.29) is 11.9 Å². The Morgan fingerprint density at radius 3 is 2.74 bits per heavy atom. The number of carbonyl (C=O) groups excluding carboxylic acids is 1. The molecule has 102 valence electrons. The normalized spacial score (nSPS) is 18.0. The van der Waals surface area contributed by atoms with Crippen LogP contribution in [0.2, 0.25) is 0 Å². The molecule has 0 bridgehead atoms. The molecule has 2 nitrogen and oxygen atoms in total. The largest absolute Gasteiger partial charge is 0.456 e. The van der Waals surface area contributed by atoms with E-state index in [9.17, 15) is 4.79 Å². The number of rotatable bonds is 3. The van der Waals surface area contributed by atoms with Crippen LogP contribution in [0.25, 0.3) is 0 Å². The number of hydrogen-bond donors (Lipinski definition) is 0. The number of carbonyl (C=O) groups is 1. The highest BCUT2D eigenvalue weighted by atomic mass is 16.6. The zero-order valence-corrected chi connectivity index (χ0v) is 12.2. The summed E-state index contributed by atoms with van der Waals surface area (Å²) in [7, 11) is 0. The average Bonchev–Trinajstić information content (AvgIpc) is 2.71. The predicted molar refractivity (Wildman–Crippen MR) is 77.2 cm³/mol. The molecule has 1 aromatic rings. The zero-order valence-electron chi connectivity index (χ0n) is 12.2. The SMILES string of the molecule is C=C(C)C(=O)OC(C)(C)C1CCc2cc(C)ccc21. The molecule has 0 aromatic heterocycles. The number of aryl methyl sites for hydroxylation is 2. The third-order valence-corrected chi connectivity index (χ3v) is 3.92. The van der Waals surface area contributed by atoms with Gasteiger partial charge in [-0.3, -0.25) is 0 Å². The van der Waals surface area contributed by atoms with Crippen LogP contribution in [-0.2, 0) is 16.0 Å². The van der Waals surface area contributed by atoms with Crippen LogP contribution in [-0.4, -0.2) is 11.6 Å². The molecule has 2 heteroatoms. The Labute approximate surface area is 115 Å². The van der Waals surface area contributed by atoms with Gasteiger partial charge in [0.05, 0.1) is 0 Å². The molecular weight excluding hydrogens is 236 g/mol. The molecule has 19 heavy (non-hydrogen) atoms. The minimum absolute atomic E-state index is 0.270. The van der Waals surface area contributed by atoms with Gasteiger partial charge in [0, 0.05) is 11.5 Å². The molecule has 0 N–H and O–H groups in total. The van der Waals surface area contributed by atoms with Gasteiger partial charge in [-0.05, 0) is 51.7 Å². The molecule has 1 aliphatic rings. The maximum Gasteiger partial charge on any atom is 0.333 e. The van der Waals surface area contributed by atoms with Gasteiger partial charge in [0.25, 0.3) is 0 Å². The van der Waals surface area contributed by atoms with Crippen molar-refractivity contribution in [2.24, 2.45) is 0 Å². The van der Waals surface area contributed by atoms with E-state index in [4.69, 9.17) is 4.74 Å². The van der Waals surface area contributed by atoms with E-state index in [1.165, 1.54) is 16.7 Å². The highest BCUT2D eigenvalue weighted by molar-refractivity contribution is 5.87. The van der Waals surface area contributed by atoms with E-state index in [2.05, 4.69) is 31.7 Å². The molecule has 0 amide bonds. The first-order valence-corrected chi connectivity index (χ1v) is 6.79. The van der Waals surface area contributed by atoms with Crippen molar-refractivity contribution < 1.29 is 9.53 Å². The molecule has 0 radical (unpaired) electrons. The first-order valence-electron chi connectivity index (χ1n) is 6.79. The molecule has 1 aromatic carbocycles. The minimum Gasteiger partial charge on any atom is -0.456 e. The van der Waals surface area contributed by atoms with Crippen LogP contribution in [0.1, 0.15) is 49.8 Å². The summed E-state index contributed by atoms with van der Waals surface area (Å²) in [6.45, 7) is 11.4. The standard InChI is InChI=1S/C17H22O2/c1-11(2)16(18)19-17(4,5)15-9-7-13-10-12(3)6-8-14(13)15/h6,8,10,15H,1,7,9H2,2-5H3. The van der Waals surface area contributed by atoms with Crippen molar-refractivity contribution in [3.05, 3.63) is 47.0 Å². The van der Waals surface area contributed by atoms with Gasteiger partial charge in [-0.15, -0.1) is 0 Å². The minimum atomic E-state index is -0.490. The van der Waals surface area contributed by atoms with Crippen LogP contribution < -0.4 is 0 Å². The van der Waals surface area contributed by atoms with Crippen molar-refractivity contribution in [2.75, 3.05) is 0 Å². The van der Waals surface area contributed by atoms with Crippen LogP contribution in [0.3, 0.4) is 0 Å². The van der Waals surface area contributed by atoms with Crippen LogP contribution in [0, 0.1) is 6.92 Å². The van der Waals surface area contributed by atoms with Crippen LogP contribution >= 0.6 is 0 Å². The summed E-state index contributed by atoms with van der Waals surface area (Å²) >= 11 is 0. The van der Waals surface area contributed by atoms with Crippen LogP contribution in [0.15, 0.2) is 30.4 Å². The first kappa shape index (κ1) is 13.9. The number of hydrogen-bond acceptors (Lipinski definition) is 2. The summed E-state index contributed by atoms with van der Waals surface area (Å²) in [5.41, 5.74) is 3.97. The summed E-state index contributed by atoms with van der Waals surface area (Å²) in [6, 6.07) is 6.55. The third-order valence-electron chi connectivity index (χ3n) is 3.92. The second-order valence-corrected chi connectivity index (χ2v) is 6.07. The molecule has 1 atom stereocenters. The van der Waals surface area contributed by atoms with Gasteiger partial charge in [0.15, 0.2) is 0 Å². The molecule has 0 spiro atoms. The molecule has 1 aliphatic carbocycles. The Hall–Kier alpha value is -1.57. The lowest BCUT2D eigenvalue weighted by Crippen LogP contribution is -2.34. The number of esters is 1. The van der Waals surface area contributed by atoms with Gasteiger partial charge in [0.2, 0.25) is 0 Å². The Kier molecular flexibility index (Phi) is 3.53. The van der Waals surface area contributed by atoms with Crippen LogP contribution in [0.4, 0.5) is 0 Å². The molecule has 0 heterocycles. The maximum atomic E-state index is 11.8. The molecule has 2 rings (SSSR count). The van der Waals surface area contributed by atoms with Crippen molar-refractivity contribution in [3.63, 3.8) is 0 Å². The van der Waals surface area contributed by atoms with Gasteiger partial charge in [-0.1, -0.05) is 30.3 Å². The fourth-order valence-corrected chi connectivity index (χ4v) is 2.87. The molecular formula is C17H22O2. The molecule has 0 aliphatic heterocycles. The Bertz CT molecular complexity index is 526. The van der Waals surface area contributed by atoms with Gasteiger partial charge in [-0.25, -0.2) is 4.79 Å². The molecule has 0 saturated heterocycles. The molecule has 1 unspecified atom stereocenters. The zero-order chi connectivity index (χ0) is 14.2. The van der Waals surface area contributed by atoms with E-state index in [1.807, 2.05) is 13.8 Å². The summed E-state index contributed by atoms with van der Waals surface area (Å²) in [4.78, 5) is 11.8. The highest BCUT2D eigenvalue weighted by Gasteiger charge is 2.38. The fourth-order valence-electron chi connectivity index (χ4n) is 2.87. The Balaban J connectivity index is 2.25. The van der Waals surface area contributed by atoms with Crippen molar-refractivity contribution in [2.45, 2.75) is 52.1 Å². The first-order chi connectivity index (χ1) is 8.81.